The Balaban J connectivity index is 2.34. The molecule has 0 aliphatic carbocycles. The van der Waals surface area contributed by atoms with Gasteiger partial charge in [0.2, 0.25) is 0 Å². The van der Waals surface area contributed by atoms with Crippen molar-refractivity contribution < 1.29 is 14.5 Å². The molecular formula is C17H15N3O4. The zero-order valence-electron chi connectivity index (χ0n) is 13.2. The number of benzene rings is 2. The second kappa shape index (κ2) is 7.24. The minimum absolute atomic E-state index is 0.0508. The van der Waals surface area contributed by atoms with Crippen LogP contribution in [0.4, 0.5) is 11.4 Å². The van der Waals surface area contributed by atoms with E-state index >= 15 is 0 Å². The highest BCUT2D eigenvalue weighted by Gasteiger charge is 2.13. The smallest absolute Gasteiger partial charge is 0.270 e. The maximum Gasteiger partial charge on any atom is 0.270 e. The van der Waals surface area contributed by atoms with Crippen molar-refractivity contribution in [1.82, 2.24) is 0 Å². The largest absolute Gasteiger partial charge is 0.496 e. The van der Waals surface area contributed by atoms with E-state index < -0.39 is 4.92 Å². The summed E-state index contributed by atoms with van der Waals surface area (Å²) in [4.78, 5) is 22.1. The normalized spacial score (nSPS) is 9.88. The van der Waals surface area contributed by atoms with Crippen molar-refractivity contribution in [1.29, 1.82) is 5.26 Å². The van der Waals surface area contributed by atoms with Gasteiger partial charge in [-0.05, 0) is 31.2 Å². The number of ketones is 1. The van der Waals surface area contributed by atoms with Crippen LogP contribution < -0.4 is 10.1 Å². The summed E-state index contributed by atoms with van der Waals surface area (Å²) in [6.45, 7) is 1.64. The average molecular weight is 325 g/mol. The van der Waals surface area contributed by atoms with E-state index in [1.54, 1.807) is 18.2 Å². The predicted octanol–water partition coefficient (Wildman–Crippen LogP) is 3.29. The van der Waals surface area contributed by atoms with Gasteiger partial charge in [-0.25, -0.2) is 0 Å². The highest BCUT2D eigenvalue weighted by atomic mass is 16.6. The Labute approximate surface area is 138 Å². The number of ether oxygens (including phenoxy) is 1. The van der Waals surface area contributed by atoms with Gasteiger partial charge in [0.1, 0.15) is 5.75 Å². The Morgan fingerprint density at radius 2 is 2.08 bits per heavy atom. The number of carbonyl (C=O) groups is 1. The quantitative estimate of drug-likeness (QED) is 0.496. The number of Topliss-reactive ketones (excluding diaryl/α,β-unsaturated/α-hetero) is 1. The van der Waals surface area contributed by atoms with Crippen molar-refractivity contribution in [3.8, 4) is 11.8 Å². The summed E-state index contributed by atoms with van der Waals surface area (Å²) in [6.07, 6.45) is 0. The molecule has 0 spiro atoms. The number of nitro benzene ring substituents is 1. The fourth-order valence-corrected chi connectivity index (χ4v) is 2.27. The van der Waals surface area contributed by atoms with E-state index in [-0.39, 0.29) is 18.0 Å². The number of nitriles is 1. The van der Waals surface area contributed by atoms with E-state index in [0.717, 1.165) is 0 Å². The van der Waals surface area contributed by atoms with Gasteiger partial charge >= 0.3 is 0 Å². The molecule has 0 bridgehead atoms. The Hall–Kier alpha value is -3.40. The molecule has 0 aromatic heterocycles. The molecule has 1 N–H and O–H groups in total. The molecule has 7 heteroatoms. The minimum atomic E-state index is -0.486. The Kier molecular flexibility index (Phi) is 5.12. The molecule has 7 nitrogen and oxygen atoms in total. The summed E-state index contributed by atoms with van der Waals surface area (Å²) in [5, 5.41) is 23.0. The minimum Gasteiger partial charge on any atom is -0.496 e. The van der Waals surface area contributed by atoms with Gasteiger partial charge in [0.15, 0.2) is 5.78 Å². The third kappa shape index (κ3) is 3.67. The molecule has 0 atom stereocenters. The van der Waals surface area contributed by atoms with Crippen LogP contribution in [0.1, 0.15) is 28.4 Å². The molecule has 0 fully saturated rings. The number of anilines is 1. The number of non-ortho nitro benzene ring substituents is 1. The number of carbonyl (C=O) groups excluding carboxylic acids is 1. The third-order valence-electron chi connectivity index (χ3n) is 3.47. The summed E-state index contributed by atoms with van der Waals surface area (Å²) in [5.74, 6) is 0.349. The number of rotatable bonds is 6. The standard InChI is InChI=1S/C17H15N3O4/c1-11(21)15-5-3-12(9-18)7-16(15)19-10-13-8-14(20(22)23)4-6-17(13)24-2/h3-8,19H,10H2,1-2H3. The lowest BCUT2D eigenvalue weighted by Gasteiger charge is -2.13. The summed E-state index contributed by atoms with van der Waals surface area (Å²) in [6, 6.07) is 11.0. The lowest BCUT2D eigenvalue weighted by Crippen LogP contribution is -2.07. The van der Waals surface area contributed by atoms with Gasteiger partial charge in [0, 0.05) is 35.5 Å². The van der Waals surface area contributed by atoms with Crippen LogP contribution in [0.15, 0.2) is 36.4 Å². The average Bonchev–Trinajstić information content (AvgIpc) is 2.58. The van der Waals surface area contributed by atoms with Gasteiger partial charge < -0.3 is 10.1 Å². The molecule has 0 saturated carbocycles. The first-order chi connectivity index (χ1) is 11.5. The Morgan fingerprint density at radius 3 is 2.67 bits per heavy atom. The molecule has 0 radical (unpaired) electrons. The van der Waals surface area contributed by atoms with Crippen LogP contribution in [0, 0.1) is 21.4 Å². The summed E-state index contributed by atoms with van der Waals surface area (Å²) in [7, 11) is 1.47. The van der Waals surface area contributed by atoms with Gasteiger partial charge in [0.25, 0.3) is 5.69 Å². The highest BCUT2D eigenvalue weighted by Crippen LogP contribution is 2.26. The molecule has 122 valence electrons. The fourth-order valence-electron chi connectivity index (χ4n) is 2.27. The maximum absolute atomic E-state index is 11.7. The zero-order valence-corrected chi connectivity index (χ0v) is 13.2. The second-order valence-electron chi connectivity index (χ2n) is 5.04. The predicted molar refractivity (Wildman–Crippen MR) is 88.1 cm³/mol. The van der Waals surface area contributed by atoms with Gasteiger partial charge in [-0.1, -0.05) is 0 Å². The first kappa shape index (κ1) is 17.0. The highest BCUT2D eigenvalue weighted by molar-refractivity contribution is 5.99. The number of hydrogen-bond acceptors (Lipinski definition) is 6. The van der Waals surface area contributed by atoms with Gasteiger partial charge in [-0.15, -0.1) is 0 Å². The molecule has 0 unspecified atom stereocenters. The van der Waals surface area contributed by atoms with Crippen LogP contribution in [0.2, 0.25) is 0 Å². The van der Waals surface area contributed by atoms with Crippen LogP contribution in [-0.4, -0.2) is 17.8 Å². The van der Waals surface area contributed by atoms with Crippen molar-refractivity contribution in [2.75, 3.05) is 12.4 Å². The number of nitrogens with one attached hydrogen (secondary N) is 1. The molecule has 2 rings (SSSR count). The molecular weight excluding hydrogens is 310 g/mol. The first-order valence-electron chi connectivity index (χ1n) is 7.06. The second-order valence-corrected chi connectivity index (χ2v) is 5.04. The summed E-state index contributed by atoms with van der Waals surface area (Å²) >= 11 is 0. The molecule has 0 amide bonds. The number of nitro groups is 1. The van der Waals surface area contributed by atoms with Crippen molar-refractivity contribution in [2.24, 2.45) is 0 Å². The number of nitrogens with zero attached hydrogens (tertiary/aromatic N) is 2. The van der Waals surface area contributed by atoms with Crippen molar-refractivity contribution in [3.63, 3.8) is 0 Å². The van der Waals surface area contributed by atoms with Gasteiger partial charge in [-0.3, -0.25) is 14.9 Å². The van der Waals surface area contributed by atoms with Crippen LogP contribution in [0.5, 0.6) is 5.75 Å². The first-order valence-corrected chi connectivity index (χ1v) is 7.06. The molecule has 0 aliphatic rings. The number of methoxy groups -OCH3 is 1. The molecule has 24 heavy (non-hydrogen) atoms. The van der Waals surface area contributed by atoms with Crippen molar-refractivity contribution in [3.05, 3.63) is 63.2 Å². The molecule has 0 aliphatic heterocycles. The SMILES string of the molecule is COc1ccc([N+](=O)[O-])cc1CNc1cc(C#N)ccc1C(C)=O. The monoisotopic (exact) mass is 325 g/mol. The van der Waals surface area contributed by atoms with Crippen LogP contribution >= 0.6 is 0 Å². The molecule has 2 aromatic rings. The molecule has 2 aromatic carbocycles. The summed E-state index contributed by atoms with van der Waals surface area (Å²) in [5.41, 5.74) is 1.87. The van der Waals surface area contributed by atoms with Crippen LogP contribution in [0.3, 0.4) is 0 Å². The summed E-state index contributed by atoms with van der Waals surface area (Å²) < 4.78 is 5.21. The fraction of sp³-hybridized carbons (Fsp3) is 0.176. The van der Waals surface area contributed by atoms with Gasteiger partial charge in [0.05, 0.1) is 23.7 Å². The third-order valence-corrected chi connectivity index (χ3v) is 3.47. The van der Waals surface area contributed by atoms with E-state index in [1.807, 2.05) is 6.07 Å². The zero-order chi connectivity index (χ0) is 17.7. The van der Waals surface area contributed by atoms with Crippen molar-refractivity contribution in [2.45, 2.75) is 13.5 Å². The Bertz CT molecular complexity index is 840. The van der Waals surface area contributed by atoms with E-state index in [0.29, 0.717) is 28.1 Å². The number of hydrogen-bond donors (Lipinski definition) is 1. The maximum atomic E-state index is 11.7. The van der Waals surface area contributed by atoms with E-state index in [1.165, 1.54) is 32.2 Å². The lowest BCUT2D eigenvalue weighted by molar-refractivity contribution is -0.384. The lowest BCUT2D eigenvalue weighted by atomic mass is 10.1. The van der Waals surface area contributed by atoms with E-state index in [4.69, 9.17) is 10.00 Å². The van der Waals surface area contributed by atoms with Gasteiger partial charge in [-0.2, -0.15) is 5.26 Å². The Morgan fingerprint density at radius 1 is 1.33 bits per heavy atom. The van der Waals surface area contributed by atoms with E-state index in [2.05, 4.69) is 5.32 Å². The molecule has 0 heterocycles. The molecule has 0 saturated heterocycles. The van der Waals surface area contributed by atoms with E-state index in [9.17, 15) is 14.9 Å². The van der Waals surface area contributed by atoms with Crippen molar-refractivity contribution >= 4 is 17.2 Å². The topological polar surface area (TPSA) is 105 Å². The van der Waals surface area contributed by atoms with Crippen LogP contribution in [-0.2, 0) is 6.54 Å². The van der Waals surface area contributed by atoms with Crippen LogP contribution in [0.25, 0.3) is 0 Å².